The van der Waals surface area contributed by atoms with Crippen molar-refractivity contribution in [1.29, 1.82) is 0 Å². The van der Waals surface area contributed by atoms with Crippen molar-refractivity contribution in [3.05, 3.63) is 44.0 Å². The van der Waals surface area contributed by atoms with Gasteiger partial charge in [0.2, 0.25) is 0 Å². The first kappa shape index (κ1) is 11.9. The zero-order chi connectivity index (χ0) is 12.3. The van der Waals surface area contributed by atoms with Crippen LogP contribution in [0.4, 0.5) is 0 Å². The lowest BCUT2D eigenvalue weighted by atomic mass is 10.3. The largest absolute Gasteiger partial charge is 0.378 e. The van der Waals surface area contributed by atoms with E-state index in [1.165, 1.54) is 6.07 Å². The van der Waals surface area contributed by atoms with Gasteiger partial charge in [-0.2, -0.15) is 0 Å². The summed E-state index contributed by atoms with van der Waals surface area (Å²) in [6.45, 7) is 2.29. The summed E-state index contributed by atoms with van der Waals surface area (Å²) in [5, 5.41) is 2.98. The molecule has 0 saturated carbocycles. The van der Waals surface area contributed by atoms with E-state index in [-0.39, 0.29) is 5.56 Å². The highest BCUT2D eigenvalue weighted by molar-refractivity contribution is 7.09. The molecule has 2 heterocycles. The van der Waals surface area contributed by atoms with E-state index < -0.39 is 0 Å². The summed E-state index contributed by atoms with van der Waals surface area (Å²) in [4.78, 5) is 22.8. The maximum Gasteiger partial charge on any atom is 0.251 e. The fourth-order valence-corrected chi connectivity index (χ4v) is 2.14. The molecule has 0 spiro atoms. The van der Waals surface area contributed by atoms with Gasteiger partial charge in [-0.05, 0) is 6.92 Å². The first-order valence-electron chi connectivity index (χ1n) is 5.16. The number of ether oxygens (including phenoxy) is 1. The molecule has 0 aliphatic rings. The van der Waals surface area contributed by atoms with Crippen LogP contribution in [0.2, 0.25) is 0 Å². The predicted octanol–water partition coefficient (Wildman–Crippen LogP) is 1.27. The number of aryl methyl sites for hydroxylation is 1. The lowest BCUT2D eigenvalue weighted by molar-refractivity contribution is 0.181. The lowest BCUT2D eigenvalue weighted by Gasteiger charge is -2.02. The molecule has 0 atom stereocenters. The molecular weight excluding hydrogens is 238 g/mol. The van der Waals surface area contributed by atoms with E-state index in [1.807, 2.05) is 12.3 Å². The Kier molecular flexibility index (Phi) is 3.65. The Hall–Kier alpha value is -1.53. The van der Waals surface area contributed by atoms with Crippen molar-refractivity contribution in [2.75, 3.05) is 7.11 Å². The van der Waals surface area contributed by atoms with E-state index in [9.17, 15) is 4.79 Å². The maximum atomic E-state index is 11.4. The topological polar surface area (TPSA) is 67.9 Å². The van der Waals surface area contributed by atoms with Crippen LogP contribution in [0.1, 0.15) is 22.2 Å². The Morgan fingerprint density at radius 1 is 1.41 bits per heavy atom. The number of H-pyrrole nitrogens is 1. The fourth-order valence-electron chi connectivity index (χ4n) is 1.53. The number of rotatable bonds is 4. The third-order valence-corrected chi connectivity index (χ3v) is 2.97. The van der Waals surface area contributed by atoms with Crippen LogP contribution in [0.15, 0.2) is 16.2 Å². The molecule has 0 saturated heterocycles. The van der Waals surface area contributed by atoms with Gasteiger partial charge in [0.25, 0.3) is 5.56 Å². The SMILES string of the molecule is COCc1cc(=O)[nH]c(Cc2csc(C)n2)n1. The Bertz CT molecular complexity index is 562. The Morgan fingerprint density at radius 2 is 2.24 bits per heavy atom. The number of methoxy groups -OCH3 is 1. The van der Waals surface area contributed by atoms with Crippen LogP contribution in [0.5, 0.6) is 0 Å². The number of thiazole rings is 1. The van der Waals surface area contributed by atoms with Crippen LogP contribution < -0.4 is 5.56 Å². The van der Waals surface area contributed by atoms with Gasteiger partial charge in [-0.1, -0.05) is 0 Å². The van der Waals surface area contributed by atoms with E-state index >= 15 is 0 Å². The summed E-state index contributed by atoms with van der Waals surface area (Å²) >= 11 is 1.59. The highest BCUT2D eigenvalue weighted by Gasteiger charge is 2.05. The van der Waals surface area contributed by atoms with Gasteiger partial charge in [-0.3, -0.25) is 4.79 Å². The summed E-state index contributed by atoms with van der Waals surface area (Å²) < 4.78 is 4.96. The lowest BCUT2D eigenvalue weighted by Crippen LogP contribution is -2.13. The molecule has 2 aromatic heterocycles. The second-order valence-corrected chi connectivity index (χ2v) is 4.71. The molecule has 0 aliphatic carbocycles. The van der Waals surface area contributed by atoms with E-state index in [4.69, 9.17) is 4.74 Å². The van der Waals surface area contributed by atoms with Crippen molar-refractivity contribution in [2.45, 2.75) is 20.0 Å². The Morgan fingerprint density at radius 3 is 2.88 bits per heavy atom. The molecular formula is C11H13N3O2S. The number of aromatic nitrogens is 3. The van der Waals surface area contributed by atoms with Crippen LogP contribution in [0.3, 0.4) is 0 Å². The van der Waals surface area contributed by atoms with Crippen molar-refractivity contribution < 1.29 is 4.74 Å². The Labute approximate surface area is 103 Å². The van der Waals surface area contributed by atoms with Gasteiger partial charge in [0.1, 0.15) is 5.82 Å². The molecule has 5 nitrogen and oxygen atoms in total. The third-order valence-electron chi connectivity index (χ3n) is 2.15. The second kappa shape index (κ2) is 5.20. The molecule has 2 rings (SSSR count). The molecule has 90 valence electrons. The molecule has 0 fully saturated rings. The van der Waals surface area contributed by atoms with Crippen molar-refractivity contribution in [1.82, 2.24) is 15.0 Å². The fraction of sp³-hybridized carbons (Fsp3) is 0.364. The average molecular weight is 251 g/mol. The number of nitrogens with one attached hydrogen (secondary N) is 1. The van der Waals surface area contributed by atoms with Crippen molar-refractivity contribution in [2.24, 2.45) is 0 Å². The summed E-state index contributed by atoms with van der Waals surface area (Å²) in [6, 6.07) is 1.44. The van der Waals surface area contributed by atoms with Crippen molar-refractivity contribution in [3.63, 3.8) is 0 Å². The van der Waals surface area contributed by atoms with Crippen molar-refractivity contribution in [3.8, 4) is 0 Å². The zero-order valence-electron chi connectivity index (χ0n) is 9.69. The van der Waals surface area contributed by atoms with Gasteiger partial charge < -0.3 is 9.72 Å². The number of hydrogen-bond donors (Lipinski definition) is 1. The molecule has 0 amide bonds. The number of nitrogens with zero attached hydrogens (tertiary/aromatic N) is 2. The minimum atomic E-state index is -0.158. The molecule has 0 aliphatic heterocycles. The van der Waals surface area contributed by atoms with Crippen LogP contribution in [0.25, 0.3) is 0 Å². The predicted molar refractivity (Wildman–Crippen MR) is 65.2 cm³/mol. The van der Waals surface area contributed by atoms with Gasteiger partial charge in [0.05, 0.1) is 23.0 Å². The highest BCUT2D eigenvalue weighted by atomic mass is 32.1. The van der Waals surface area contributed by atoms with Gasteiger partial charge in [0.15, 0.2) is 0 Å². The molecule has 17 heavy (non-hydrogen) atoms. The molecule has 0 unspecified atom stereocenters. The molecule has 2 aromatic rings. The summed E-state index contributed by atoms with van der Waals surface area (Å²) in [7, 11) is 1.58. The van der Waals surface area contributed by atoms with E-state index in [0.717, 1.165) is 10.7 Å². The van der Waals surface area contributed by atoms with Gasteiger partial charge in [0, 0.05) is 25.0 Å². The first-order valence-corrected chi connectivity index (χ1v) is 6.04. The van der Waals surface area contributed by atoms with Crippen molar-refractivity contribution >= 4 is 11.3 Å². The standard InChI is InChI=1S/C11H13N3O2S/c1-7-12-9(6-17-7)3-10-13-8(5-16-2)4-11(15)14-10/h4,6H,3,5H2,1-2H3,(H,13,14,15). The zero-order valence-corrected chi connectivity index (χ0v) is 10.5. The van der Waals surface area contributed by atoms with Gasteiger partial charge in [-0.15, -0.1) is 11.3 Å². The molecule has 0 bridgehead atoms. The van der Waals surface area contributed by atoms with Gasteiger partial charge >= 0.3 is 0 Å². The monoisotopic (exact) mass is 251 g/mol. The molecule has 1 N–H and O–H groups in total. The summed E-state index contributed by atoms with van der Waals surface area (Å²) in [6.07, 6.45) is 0.539. The molecule has 0 radical (unpaired) electrons. The summed E-state index contributed by atoms with van der Waals surface area (Å²) in [5.41, 5.74) is 1.40. The van der Waals surface area contributed by atoms with Crippen LogP contribution in [-0.2, 0) is 17.8 Å². The minimum Gasteiger partial charge on any atom is -0.378 e. The highest BCUT2D eigenvalue weighted by Crippen LogP contribution is 2.10. The summed E-state index contributed by atoms with van der Waals surface area (Å²) in [5.74, 6) is 0.620. The minimum absolute atomic E-state index is 0.158. The van der Waals surface area contributed by atoms with Crippen LogP contribution in [-0.4, -0.2) is 22.1 Å². The normalized spacial score (nSPS) is 10.7. The third kappa shape index (κ3) is 3.21. The van der Waals surface area contributed by atoms with E-state index in [0.29, 0.717) is 24.5 Å². The van der Waals surface area contributed by atoms with Gasteiger partial charge in [-0.25, -0.2) is 9.97 Å². The van der Waals surface area contributed by atoms with E-state index in [2.05, 4.69) is 15.0 Å². The Balaban J connectivity index is 2.23. The quantitative estimate of drug-likeness (QED) is 0.888. The smallest absolute Gasteiger partial charge is 0.251 e. The maximum absolute atomic E-state index is 11.4. The number of aromatic amines is 1. The van der Waals surface area contributed by atoms with E-state index in [1.54, 1.807) is 18.4 Å². The first-order chi connectivity index (χ1) is 8.17. The average Bonchev–Trinajstić information content (AvgIpc) is 2.63. The molecule has 0 aromatic carbocycles. The van der Waals surface area contributed by atoms with Crippen LogP contribution in [0, 0.1) is 6.92 Å². The second-order valence-electron chi connectivity index (χ2n) is 3.65. The molecule has 6 heteroatoms. The van der Waals surface area contributed by atoms with Crippen LogP contribution >= 0.6 is 11.3 Å². The number of hydrogen-bond acceptors (Lipinski definition) is 5.